The highest BCUT2D eigenvalue weighted by atomic mass is 16.1. The van der Waals surface area contributed by atoms with Crippen molar-refractivity contribution in [3.8, 4) is 11.1 Å². The van der Waals surface area contributed by atoms with Crippen molar-refractivity contribution in [1.29, 1.82) is 0 Å². The second-order valence-electron chi connectivity index (χ2n) is 5.17. The first-order chi connectivity index (χ1) is 10.7. The van der Waals surface area contributed by atoms with Crippen LogP contribution >= 0.6 is 0 Å². The molecule has 2 N–H and O–H groups in total. The molecule has 3 heterocycles. The van der Waals surface area contributed by atoms with Gasteiger partial charge in [-0.05, 0) is 34.9 Å². The van der Waals surface area contributed by atoms with Gasteiger partial charge in [-0.1, -0.05) is 12.1 Å². The summed E-state index contributed by atoms with van der Waals surface area (Å²) >= 11 is 0. The Morgan fingerprint density at radius 1 is 1.18 bits per heavy atom. The van der Waals surface area contributed by atoms with E-state index in [2.05, 4.69) is 15.6 Å². The molecule has 6 heteroatoms. The van der Waals surface area contributed by atoms with Crippen molar-refractivity contribution in [2.24, 2.45) is 0 Å². The van der Waals surface area contributed by atoms with Gasteiger partial charge in [-0.3, -0.25) is 9.59 Å². The van der Waals surface area contributed by atoms with E-state index in [1.807, 2.05) is 40.9 Å². The molecule has 6 nitrogen and oxygen atoms in total. The van der Waals surface area contributed by atoms with E-state index in [4.69, 9.17) is 0 Å². The van der Waals surface area contributed by atoms with Crippen molar-refractivity contribution in [3.63, 3.8) is 0 Å². The minimum Gasteiger partial charge on any atom is -0.326 e. The number of benzene rings is 1. The lowest BCUT2D eigenvalue weighted by Gasteiger charge is -2.05. The molecular formula is C16H12N4O2. The monoisotopic (exact) mass is 292 g/mol. The summed E-state index contributed by atoms with van der Waals surface area (Å²) < 4.78 is 1.85. The Balaban J connectivity index is 1.76. The second kappa shape index (κ2) is 4.70. The molecule has 3 aromatic rings. The van der Waals surface area contributed by atoms with Crippen LogP contribution in [0, 0.1) is 0 Å². The maximum absolute atomic E-state index is 11.4. The predicted octanol–water partition coefficient (Wildman–Crippen LogP) is 2.06. The van der Waals surface area contributed by atoms with Gasteiger partial charge in [-0.25, -0.2) is 4.98 Å². The van der Waals surface area contributed by atoms with Crippen LogP contribution in [0.1, 0.15) is 5.56 Å². The number of nitrogens with zero attached hydrogens (tertiary/aromatic N) is 2. The van der Waals surface area contributed by atoms with Crippen LogP contribution in [0.15, 0.2) is 42.7 Å². The summed E-state index contributed by atoms with van der Waals surface area (Å²) in [5.74, 6) is 0.537. The summed E-state index contributed by atoms with van der Waals surface area (Å²) in [5.41, 5.74) is 4.67. The molecule has 1 aliphatic rings. The largest absolute Gasteiger partial charge is 0.326 e. The zero-order chi connectivity index (χ0) is 15.1. The smallest absolute Gasteiger partial charge is 0.228 e. The van der Waals surface area contributed by atoms with Crippen LogP contribution in [-0.4, -0.2) is 21.7 Å². The van der Waals surface area contributed by atoms with E-state index in [9.17, 15) is 9.59 Å². The van der Waals surface area contributed by atoms with Crippen LogP contribution < -0.4 is 10.6 Å². The first-order valence-corrected chi connectivity index (χ1v) is 6.85. The molecule has 1 aliphatic heterocycles. The highest BCUT2D eigenvalue weighted by Gasteiger charge is 2.17. The van der Waals surface area contributed by atoms with Crippen LogP contribution in [0.2, 0.25) is 0 Å². The first kappa shape index (κ1) is 12.6. The van der Waals surface area contributed by atoms with Gasteiger partial charge in [0.05, 0.1) is 12.6 Å². The van der Waals surface area contributed by atoms with E-state index in [1.165, 1.54) is 0 Å². The standard InChI is InChI=1S/C16H12N4O2/c21-9-17-14-8-20-7-12(3-4-15(20)19-14)10-1-2-11-6-16(22)18-13(11)5-10/h1-5,7-9H,6H2,(H,17,21)(H,18,22). The minimum atomic E-state index is 0.0294. The molecule has 2 aromatic heterocycles. The molecule has 0 unspecified atom stereocenters. The fraction of sp³-hybridized carbons (Fsp3) is 0.0625. The van der Waals surface area contributed by atoms with Crippen molar-refractivity contribution >= 4 is 29.5 Å². The number of amides is 2. The number of pyridine rings is 1. The molecule has 1 aromatic carbocycles. The van der Waals surface area contributed by atoms with Crippen LogP contribution in [0.4, 0.5) is 11.5 Å². The SMILES string of the molecule is O=CNc1cn2cc(-c3ccc4c(c3)NC(=O)C4)ccc2n1. The molecule has 0 saturated carbocycles. The highest BCUT2D eigenvalue weighted by Crippen LogP contribution is 2.29. The number of anilines is 2. The lowest BCUT2D eigenvalue weighted by molar-refractivity contribution is -0.115. The van der Waals surface area contributed by atoms with E-state index >= 15 is 0 Å². The Kier molecular flexibility index (Phi) is 2.69. The van der Waals surface area contributed by atoms with Crippen molar-refractivity contribution in [2.75, 3.05) is 10.6 Å². The molecular weight excluding hydrogens is 280 g/mol. The second-order valence-corrected chi connectivity index (χ2v) is 5.17. The molecule has 22 heavy (non-hydrogen) atoms. The topological polar surface area (TPSA) is 75.5 Å². The fourth-order valence-electron chi connectivity index (χ4n) is 2.69. The normalized spacial score (nSPS) is 13.0. The van der Waals surface area contributed by atoms with Gasteiger partial charge in [0.2, 0.25) is 12.3 Å². The summed E-state index contributed by atoms with van der Waals surface area (Å²) in [6.07, 6.45) is 4.74. The Morgan fingerprint density at radius 3 is 2.91 bits per heavy atom. The number of hydrogen-bond acceptors (Lipinski definition) is 3. The fourth-order valence-corrected chi connectivity index (χ4v) is 2.69. The predicted molar refractivity (Wildman–Crippen MR) is 82.6 cm³/mol. The van der Waals surface area contributed by atoms with Gasteiger partial charge in [0.25, 0.3) is 0 Å². The summed E-state index contributed by atoms with van der Waals surface area (Å²) in [6.45, 7) is 0. The minimum absolute atomic E-state index is 0.0294. The third-order valence-electron chi connectivity index (χ3n) is 3.73. The molecule has 0 atom stereocenters. The molecule has 0 saturated heterocycles. The average Bonchev–Trinajstić information content (AvgIpc) is 3.07. The van der Waals surface area contributed by atoms with Gasteiger partial charge in [-0.2, -0.15) is 0 Å². The number of aromatic nitrogens is 2. The third kappa shape index (κ3) is 2.01. The third-order valence-corrected chi connectivity index (χ3v) is 3.73. The van der Waals surface area contributed by atoms with E-state index in [0.29, 0.717) is 18.6 Å². The quantitative estimate of drug-likeness (QED) is 0.726. The number of fused-ring (bicyclic) bond motifs is 2. The molecule has 4 rings (SSSR count). The molecule has 108 valence electrons. The van der Waals surface area contributed by atoms with Crippen molar-refractivity contribution in [2.45, 2.75) is 6.42 Å². The Bertz CT molecular complexity index is 914. The van der Waals surface area contributed by atoms with Crippen LogP contribution in [0.25, 0.3) is 16.8 Å². The summed E-state index contributed by atoms with van der Waals surface area (Å²) in [6, 6.07) is 9.80. The zero-order valence-corrected chi connectivity index (χ0v) is 11.5. The Labute approximate surface area is 125 Å². The van der Waals surface area contributed by atoms with Crippen LogP contribution in [-0.2, 0) is 16.0 Å². The van der Waals surface area contributed by atoms with Crippen LogP contribution in [0.3, 0.4) is 0 Å². The summed E-state index contributed by atoms with van der Waals surface area (Å²) in [5, 5.41) is 5.39. The molecule has 0 aliphatic carbocycles. The van der Waals surface area contributed by atoms with E-state index < -0.39 is 0 Å². The molecule has 0 bridgehead atoms. The molecule has 0 radical (unpaired) electrons. The lowest BCUT2D eigenvalue weighted by Crippen LogP contribution is -2.03. The molecule has 2 amide bonds. The van der Waals surface area contributed by atoms with Gasteiger partial charge in [0.15, 0.2) is 5.82 Å². The van der Waals surface area contributed by atoms with Gasteiger partial charge < -0.3 is 15.0 Å². The van der Waals surface area contributed by atoms with Gasteiger partial charge in [0, 0.05) is 11.9 Å². The average molecular weight is 292 g/mol. The number of nitrogens with one attached hydrogen (secondary N) is 2. The van der Waals surface area contributed by atoms with Crippen molar-refractivity contribution < 1.29 is 9.59 Å². The van der Waals surface area contributed by atoms with Gasteiger partial charge in [0.1, 0.15) is 5.65 Å². The first-order valence-electron chi connectivity index (χ1n) is 6.85. The van der Waals surface area contributed by atoms with Crippen LogP contribution in [0.5, 0.6) is 0 Å². The van der Waals surface area contributed by atoms with Gasteiger partial charge >= 0.3 is 0 Å². The maximum Gasteiger partial charge on any atom is 0.228 e. The zero-order valence-electron chi connectivity index (χ0n) is 11.5. The van der Waals surface area contributed by atoms with E-state index in [-0.39, 0.29) is 5.91 Å². The van der Waals surface area contributed by atoms with Gasteiger partial charge in [-0.15, -0.1) is 0 Å². The van der Waals surface area contributed by atoms with Crippen molar-refractivity contribution in [1.82, 2.24) is 9.38 Å². The number of carbonyl (C=O) groups excluding carboxylic acids is 2. The number of hydrogen-bond donors (Lipinski definition) is 2. The Morgan fingerprint density at radius 2 is 2.05 bits per heavy atom. The summed E-state index contributed by atoms with van der Waals surface area (Å²) in [4.78, 5) is 26.2. The number of rotatable bonds is 3. The maximum atomic E-state index is 11.4. The number of imidazole rings is 1. The van der Waals surface area contributed by atoms with E-state index in [0.717, 1.165) is 28.0 Å². The Hall–Kier alpha value is -3.15. The number of carbonyl (C=O) groups is 2. The lowest BCUT2D eigenvalue weighted by atomic mass is 10.0. The van der Waals surface area contributed by atoms with Crippen molar-refractivity contribution in [3.05, 3.63) is 48.3 Å². The molecule has 0 spiro atoms. The summed E-state index contributed by atoms with van der Waals surface area (Å²) in [7, 11) is 0. The highest BCUT2D eigenvalue weighted by molar-refractivity contribution is 6.00. The molecule has 0 fully saturated rings. The van der Waals surface area contributed by atoms with E-state index in [1.54, 1.807) is 6.20 Å².